The van der Waals surface area contributed by atoms with E-state index in [1.54, 1.807) is 0 Å². The number of rotatable bonds is 2. The molecule has 19 heavy (non-hydrogen) atoms. The van der Waals surface area contributed by atoms with Crippen LogP contribution < -0.4 is 0 Å². The van der Waals surface area contributed by atoms with Crippen molar-refractivity contribution in [1.82, 2.24) is 0 Å². The van der Waals surface area contributed by atoms with E-state index in [4.69, 9.17) is 18.8 Å². The van der Waals surface area contributed by atoms with E-state index in [1.807, 2.05) is 27.7 Å². The van der Waals surface area contributed by atoms with Crippen LogP contribution in [0.3, 0.4) is 0 Å². The van der Waals surface area contributed by atoms with Gasteiger partial charge in [-0.1, -0.05) is 0 Å². The number of carbonyl (C=O) groups excluding carboxylic acids is 1. The summed E-state index contributed by atoms with van der Waals surface area (Å²) < 4.78 is 22.1. The van der Waals surface area contributed by atoms with Crippen molar-refractivity contribution >= 4 is 13.1 Å². The van der Waals surface area contributed by atoms with Crippen LogP contribution in [0.4, 0.5) is 0 Å². The summed E-state index contributed by atoms with van der Waals surface area (Å²) in [4.78, 5) is 11.8. The maximum absolute atomic E-state index is 11.8. The summed E-state index contributed by atoms with van der Waals surface area (Å²) in [5.74, 6) is -0.371. The summed E-state index contributed by atoms with van der Waals surface area (Å²) in [6, 6.07) is 0. The van der Waals surface area contributed by atoms with Gasteiger partial charge in [0.2, 0.25) is 0 Å². The van der Waals surface area contributed by atoms with Gasteiger partial charge in [0.1, 0.15) is 0 Å². The molecule has 0 aromatic rings. The normalized spacial score (nSPS) is 25.6. The van der Waals surface area contributed by atoms with Crippen molar-refractivity contribution in [3.63, 3.8) is 0 Å². The fraction of sp³-hybridized carbons (Fsp3) is 0.769. The Morgan fingerprint density at radius 3 is 2.32 bits per heavy atom. The third-order valence-electron chi connectivity index (χ3n) is 4.12. The van der Waals surface area contributed by atoms with E-state index in [0.29, 0.717) is 18.6 Å². The zero-order valence-electron chi connectivity index (χ0n) is 12.2. The Morgan fingerprint density at radius 2 is 1.79 bits per heavy atom. The molecule has 0 aromatic heterocycles. The Labute approximate surface area is 114 Å². The average Bonchev–Trinajstić information content (AvgIpc) is 2.57. The molecular weight excluding hydrogens is 247 g/mol. The molecule has 2 heterocycles. The third kappa shape index (κ3) is 2.57. The Morgan fingerprint density at radius 1 is 1.21 bits per heavy atom. The lowest BCUT2D eigenvalue weighted by molar-refractivity contribution is -0.137. The van der Waals surface area contributed by atoms with Crippen molar-refractivity contribution < 1.29 is 23.6 Å². The predicted molar refractivity (Wildman–Crippen MR) is 70.6 cm³/mol. The van der Waals surface area contributed by atoms with Crippen LogP contribution >= 0.6 is 0 Å². The second-order valence-corrected chi connectivity index (χ2v) is 5.89. The van der Waals surface area contributed by atoms with Crippen molar-refractivity contribution in [3.8, 4) is 0 Å². The number of hydrogen-bond acceptors (Lipinski definition) is 5. The first-order chi connectivity index (χ1) is 8.78. The highest BCUT2D eigenvalue weighted by Crippen LogP contribution is 2.40. The summed E-state index contributed by atoms with van der Waals surface area (Å²) in [6.07, 6.45) is 0.626. The van der Waals surface area contributed by atoms with Gasteiger partial charge in [0, 0.05) is 0 Å². The molecular formula is C13H21BO5. The van der Waals surface area contributed by atoms with Gasteiger partial charge in [0.15, 0.2) is 0 Å². The molecule has 1 saturated heterocycles. The summed E-state index contributed by atoms with van der Waals surface area (Å²) in [7, 11) is 0.870. The highest BCUT2D eigenvalue weighted by atomic mass is 16.7. The minimum Gasteiger partial charge on any atom is -0.466 e. The first kappa shape index (κ1) is 14.6. The lowest BCUT2D eigenvalue weighted by Crippen LogP contribution is -2.41. The standard InChI is InChI=1S/C13H21BO5/c1-12(2)13(3,4)19-14(18-12)10-6-7-17-8-9(10)11(15)16-5/h6-8H2,1-5H3. The van der Waals surface area contributed by atoms with Gasteiger partial charge in [-0.2, -0.15) is 0 Å². The smallest absolute Gasteiger partial charge is 0.466 e. The second-order valence-electron chi connectivity index (χ2n) is 5.89. The molecule has 0 atom stereocenters. The number of ether oxygens (including phenoxy) is 2. The van der Waals surface area contributed by atoms with E-state index in [-0.39, 0.29) is 12.6 Å². The first-order valence-electron chi connectivity index (χ1n) is 6.52. The molecule has 2 aliphatic rings. The zero-order chi connectivity index (χ0) is 14.3. The number of hydrogen-bond donors (Lipinski definition) is 0. The van der Waals surface area contributed by atoms with Crippen LogP contribution in [0.5, 0.6) is 0 Å². The molecule has 6 heteroatoms. The van der Waals surface area contributed by atoms with Crippen molar-refractivity contribution in [2.24, 2.45) is 0 Å². The molecule has 2 rings (SSSR count). The van der Waals surface area contributed by atoms with Crippen LogP contribution in [0, 0.1) is 0 Å². The van der Waals surface area contributed by atoms with Gasteiger partial charge in [0.05, 0.1) is 37.1 Å². The molecule has 5 nitrogen and oxygen atoms in total. The zero-order valence-corrected chi connectivity index (χ0v) is 12.2. The highest BCUT2D eigenvalue weighted by molar-refractivity contribution is 6.55. The Bertz CT molecular complexity index is 397. The molecule has 0 amide bonds. The molecule has 0 unspecified atom stereocenters. The summed E-state index contributed by atoms with van der Waals surface area (Å²) in [5, 5.41) is 0. The van der Waals surface area contributed by atoms with Gasteiger partial charge in [-0.3, -0.25) is 0 Å². The third-order valence-corrected chi connectivity index (χ3v) is 4.12. The highest BCUT2D eigenvalue weighted by Gasteiger charge is 2.53. The maximum atomic E-state index is 11.8. The number of esters is 1. The molecule has 0 N–H and O–H groups in total. The minimum absolute atomic E-state index is 0.256. The second kappa shape index (κ2) is 4.92. The number of carbonyl (C=O) groups is 1. The van der Waals surface area contributed by atoms with Gasteiger partial charge in [-0.25, -0.2) is 4.79 Å². The predicted octanol–water partition coefficient (Wildman–Crippen LogP) is 1.51. The van der Waals surface area contributed by atoms with Crippen LogP contribution in [0.1, 0.15) is 34.1 Å². The van der Waals surface area contributed by atoms with Crippen LogP contribution in [0.2, 0.25) is 0 Å². The molecule has 1 fully saturated rings. The number of methoxy groups -OCH3 is 1. The quantitative estimate of drug-likeness (QED) is 0.561. The molecule has 0 spiro atoms. The van der Waals surface area contributed by atoms with Crippen LogP contribution in [-0.4, -0.2) is 44.6 Å². The maximum Gasteiger partial charge on any atom is 0.491 e. The summed E-state index contributed by atoms with van der Waals surface area (Å²) >= 11 is 0. The van der Waals surface area contributed by atoms with E-state index in [0.717, 1.165) is 5.47 Å². The van der Waals surface area contributed by atoms with Crippen LogP contribution in [0.15, 0.2) is 11.0 Å². The molecule has 0 radical (unpaired) electrons. The molecule has 2 aliphatic heterocycles. The largest absolute Gasteiger partial charge is 0.491 e. The van der Waals surface area contributed by atoms with E-state index in [9.17, 15) is 4.79 Å². The molecule has 0 saturated carbocycles. The lowest BCUT2D eigenvalue weighted by atomic mass is 9.72. The fourth-order valence-corrected chi connectivity index (χ4v) is 2.16. The fourth-order valence-electron chi connectivity index (χ4n) is 2.16. The van der Waals surface area contributed by atoms with Gasteiger partial charge in [0.25, 0.3) is 0 Å². The van der Waals surface area contributed by atoms with Crippen molar-refractivity contribution in [2.75, 3.05) is 20.3 Å². The molecule has 0 aliphatic carbocycles. The van der Waals surface area contributed by atoms with Gasteiger partial charge >= 0.3 is 13.1 Å². The van der Waals surface area contributed by atoms with E-state index >= 15 is 0 Å². The van der Waals surface area contributed by atoms with Crippen molar-refractivity contribution in [3.05, 3.63) is 11.0 Å². The molecule has 0 aromatic carbocycles. The minimum atomic E-state index is -0.497. The summed E-state index contributed by atoms with van der Waals surface area (Å²) in [5.41, 5.74) is 0.540. The van der Waals surface area contributed by atoms with Crippen molar-refractivity contribution in [1.29, 1.82) is 0 Å². The van der Waals surface area contributed by atoms with E-state index in [2.05, 4.69) is 0 Å². The van der Waals surface area contributed by atoms with E-state index in [1.165, 1.54) is 7.11 Å². The summed E-state index contributed by atoms with van der Waals surface area (Å²) in [6.45, 7) is 8.79. The molecule has 0 bridgehead atoms. The van der Waals surface area contributed by atoms with Gasteiger partial charge in [-0.15, -0.1) is 0 Å². The monoisotopic (exact) mass is 268 g/mol. The topological polar surface area (TPSA) is 54.0 Å². The Balaban J connectivity index is 2.30. The Hall–Kier alpha value is -0.845. The van der Waals surface area contributed by atoms with Crippen LogP contribution in [0.25, 0.3) is 0 Å². The van der Waals surface area contributed by atoms with Crippen molar-refractivity contribution in [2.45, 2.75) is 45.3 Å². The lowest BCUT2D eigenvalue weighted by Gasteiger charge is -2.32. The Kier molecular flexibility index (Phi) is 3.77. The SMILES string of the molecule is COC(=O)C1=C(B2OC(C)(C)C(C)(C)O2)CCOC1. The van der Waals surface area contributed by atoms with Crippen LogP contribution in [-0.2, 0) is 23.6 Å². The average molecular weight is 268 g/mol. The molecule has 106 valence electrons. The first-order valence-corrected chi connectivity index (χ1v) is 6.52. The van der Waals surface area contributed by atoms with Gasteiger partial charge < -0.3 is 18.8 Å². The van der Waals surface area contributed by atoms with E-state index < -0.39 is 18.3 Å². The van der Waals surface area contributed by atoms with Gasteiger partial charge in [-0.05, 0) is 39.6 Å².